The number of para-hydroxylation sites is 1. The van der Waals surface area contributed by atoms with E-state index in [4.69, 9.17) is 11.6 Å². The Bertz CT molecular complexity index is 405. The summed E-state index contributed by atoms with van der Waals surface area (Å²) < 4.78 is 0. The van der Waals surface area contributed by atoms with Crippen LogP contribution in [0.4, 0.5) is 11.4 Å². The molecule has 1 aromatic rings. The molecule has 0 aliphatic carbocycles. The van der Waals surface area contributed by atoms with Crippen molar-refractivity contribution in [3.63, 3.8) is 0 Å². The van der Waals surface area contributed by atoms with E-state index in [1.165, 1.54) is 24.2 Å². The van der Waals surface area contributed by atoms with E-state index in [9.17, 15) is 0 Å². The highest BCUT2D eigenvalue weighted by molar-refractivity contribution is 6.34. The lowest BCUT2D eigenvalue weighted by atomic mass is 9.90. The van der Waals surface area contributed by atoms with Crippen molar-refractivity contribution >= 4 is 23.0 Å². The number of fused-ring (bicyclic) bond motifs is 3. The molecule has 2 unspecified atom stereocenters. The zero-order chi connectivity index (χ0) is 11.1. The van der Waals surface area contributed by atoms with Gasteiger partial charge in [-0.15, -0.1) is 0 Å². The van der Waals surface area contributed by atoms with Gasteiger partial charge in [0.05, 0.1) is 16.4 Å². The first-order chi connectivity index (χ1) is 7.75. The maximum absolute atomic E-state index is 6.32. The maximum atomic E-state index is 6.32. The van der Waals surface area contributed by atoms with Crippen molar-refractivity contribution in [1.82, 2.24) is 0 Å². The van der Waals surface area contributed by atoms with Gasteiger partial charge >= 0.3 is 0 Å². The molecule has 2 aliphatic rings. The molecular weight excluding hydrogens is 220 g/mol. The van der Waals surface area contributed by atoms with Crippen LogP contribution in [-0.4, -0.2) is 19.1 Å². The molecule has 0 bridgehead atoms. The third-order valence-corrected chi connectivity index (χ3v) is 4.09. The quantitative estimate of drug-likeness (QED) is 0.743. The highest BCUT2D eigenvalue weighted by Crippen LogP contribution is 2.41. The molecule has 2 aliphatic heterocycles. The van der Waals surface area contributed by atoms with Gasteiger partial charge in [0.25, 0.3) is 0 Å². The Morgan fingerprint density at radius 2 is 2.31 bits per heavy atom. The third-order valence-electron chi connectivity index (χ3n) is 3.78. The van der Waals surface area contributed by atoms with Crippen LogP contribution >= 0.6 is 11.6 Å². The first-order valence-corrected chi connectivity index (χ1v) is 6.42. The molecule has 1 N–H and O–H groups in total. The van der Waals surface area contributed by atoms with Gasteiger partial charge in [0.15, 0.2) is 0 Å². The average Bonchev–Trinajstić information content (AvgIpc) is 2.29. The standard InChI is InChI=1S/C13H17ClN2/c1-9-5-6-16-10(7-9)8-15-12-4-2-3-11(14)13(12)16/h2-4,9-10,15H,5-8H2,1H3. The largest absolute Gasteiger partial charge is 0.381 e. The van der Waals surface area contributed by atoms with E-state index in [0.717, 1.165) is 24.0 Å². The minimum atomic E-state index is 0.621. The highest BCUT2D eigenvalue weighted by atomic mass is 35.5. The average molecular weight is 237 g/mol. The predicted molar refractivity (Wildman–Crippen MR) is 69.5 cm³/mol. The summed E-state index contributed by atoms with van der Waals surface area (Å²) >= 11 is 6.32. The Labute approximate surface area is 102 Å². The smallest absolute Gasteiger partial charge is 0.0794 e. The molecule has 0 amide bonds. The molecule has 86 valence electrons. The van der Waals surface area contributed by atoms with Crippen LogP contribution in [-0.2, 0) is 0 Å². The van der Waals surface area contributed by atoms with Gasteiger partial charge in [-0.05, 0) is 30.9 Å². The van der Waals surface area contributed by atoms with Crippen molar-refractivity contribution in [2.24, 2.45) is 5.92 Å². The van der Waals surface area contributed by atoms with Crippen LogP contribution in [0.5, 0.6) is 0 Å². The fourth-order valence-electron chi connectivity index (χ4n) is 2.92. The van der Waals surface area contributed by atoms with Crippen molar-refractivity contribution < 1.29 is 0 Å². The van der Waals surface area contributed by atoms with E-state index in [1.807, 2.05) is 12.1 Å². The number of benzene rings is 1. The topological polar surface area (TPSA) is 15.3 Å². The monoisotopic (exact) mass is 236 g/mol. The Morgan fingerprint density at radius 3 is 3.19 bits per heavy atom. The summed E-state index contributed by atoms with van der Waals surface area (Å²) in [6.45, 7) is 4.54. The molecule has 3 heteroatoms. The summed E-state index contributed by atoms with van der Waals surface area (Å²) in [7, 11) is 0. The van der Waals surface area contributed by atoms with Gasteiger partial charge in [-0.2, -0.15) is 0 Å². The number of hydrogen-bond acceptors (Lipinski definition) is 2. The summed E-state index contributed by atoms with van der Waals surface area (Å²) in [5.41, 5.74) is 2.41. The molecule has 2 nitrogen and oxygen atoms in total. The van der Waals surface area contributed by atoms with Crippen LogP contribution < -0.4 is 10.2 Å². The van der Waals surface area contributed by atoms with E-state index in [2.05, 4.69) is 23.2 Å². The number of hydrogen-bond donors (Lipinski definition) is 1. The second-order valence-corrected chi connectivity index (χ2v) is 5.40. The number of piperidine rings is 1. The second-order valence-electron chi connectivity index (χ2n) is 4.99. The molecule has 0 radical (unpaired) electrons. The van der Waals surface area contributed by atoms with E-state index in [0.29, 0.717) is 6.04 Å². The van der Waals surface area contributed by atoms with Crippen molar-refractivity contribution in [2.75, 3.05) is 23.3 Å². The molecule has 16 heavy (non-hydrogen) atoms. The van der Waals surface area contributed by atoms with Gasteiger partial charge < -0.3 is 10.2 Å². The van der Waals surface area contributed by atoms with Crippen LogP contribution in [0.3, 0.4) is 0 Å². The van der Waals surface area contributed by atoms with Gasteiger partial charge in [0.1, 0.15) is 0 Å². The van der Waals surface area contributed by atoms with Gasteiger partial charge in [0, 0.05) is 19.1 Å². The Balaban J connectivity index is 1.99. The number of anilines is 2. The summed E-state index contributed by atoms with van der Waals surface area (Å²) in [5, 5.41) is 4.38. The summed E-state index contributed by atoms with van der Waals surface area (Å²) in [5.74, 6) is 0.840. The van der Waals surface area contributed by atoms with Crippen molar-refractivity contribution in [2.45, 2.75) is 25.8 Å². The fourth-order valence-corrected chi connectivity index (χ4v) is 3.20. The van der Waals surface area contributed by atoms with Gasteiger partial charge in [-0.25, -0.2) is 0 Å². The molecule has 1 saturated heterocycles. The van der Waals surface area contributed by atoms with Crippen LogP contribution in [0.15, 0.2) is 18.2 Å². The maximum Gasteiger partial charge on any atom is 0.0794 e. The fraction of sp³-hybridized carbons (Fsp3) is 0.538. The van der Waals surface area contributed by atoms with E-state index >= 15 is 0 Å². The molecule has 2 heterocycles. The molecular formula is C13H17ClN2. The van der Waals surface area contributed by atoms with Crippen molar-refractivity contribution in [1.29, 1.82) is 0 Å². The first kappa shape index (κ1) is 10.3. The summed E-state index contributed by atoms with van der Waals surface area (Å²) in [6.07, 6.45) is 2.55. The number of nitrogens with one attached hydrogen (secondary N) is 1. The van der Waals surface area contributed by atoms with E-state index in [-0.39, 0.29) is 0 Å². The zero-order valence-corrected chi connectivity index (χ0v) is 10.3. The van der Waals surface area contributed by atoms with Gasteiger partial charge in [-0.3, -0.25) is 0 Å². The summed E-state index contributed by atoms with van der Waals surface area (Å²) in [4.78, 5) is 2.49. The second kappa shape index (κ2) is 3.85. The lowest BCUT2D eigenvalue weighted by Crippen LogP contribution is -2.49. The van der Waals surface area contributed by atoms with Crippen LogP contribution in [0.25, 0.3) is 0 Å². The minimum Gasteiger partial charge on any atom is -0.381 e. The van der Waals surface area contributed by atoms with Gasteiger partial charge in [-0.1, -0.05) is 24.6 Å². The number of halogens is 1. The zero-order valence-electron chi connectivity index (χ0n) is 9.54. The van der Waals surface area contributed by atoms with Crippen molar-refractivity contribution in [3.8, 4) is 0 Å². The van der Waals surface area contributed by atoms with Crippen LogP contribution in [0, 0.1) is 5.92 Å². The highest BCUT2D eigenvalue weighted by Gasteiger charge is 2.32. The molecule has 0 saturated carbocycles. The molecule has 1 fully saturated rings. The van der Waals surface area contributed by atoms with Gasteiger partial charge in [0.2, 0.25) is 0 Å². The predicted octanol–water partition coefficient (Wildman–Crippen LogP) is 3.37. The Morgan fingerprint density at radius 1 is 1.44 bits per heavy atom. The Kier molecular flexibility index (Phi) is 2.47. The normalized spacial score (nSPS) is 28.0. The number of nitrogens with zero attached hydrogens (tertiary/aromatic N) is 1. The number of rotatable bonds is 0. The molecule has 1 aromatic carbocycles. The SMILES string of the molecule is CC1CCN2c3c(Cl)cccc3NCC2C1. The minimum absolute atomic E-state index is 0.621. The third kappa shape index (κ3) is 1.56. The molecule has 2 atom stereocenters. The molecule has 0 aromatic heterocycles. The lowest BCUT2D eigenvalue weighted by molar-refractivity contribution is 0.367. The molecule has 3 rings (SSSR count). The molecule has 0 spiro atoms. The van der Waals surface area contributed by atoms with E-state index < -0.39 is 0 Å². The Hall–Kier alpha value is -0.890. The van der Waals surface area contributed by atoms with Crippen LogP contribution in [0.1, 0.15) is 19.8 Å². The summed E-state index contributed by atoms with van der Waals surface area (Å²) in [6, 6.07) is 6.75. The first-order valence-electron chi connectivity index (χ1n) is 6.04. The van der Waals surface area contributed by atoms with Crippen LogP contribution in [0.2, 0.25) is 5.02 Å². The van der Waals surface area contributed by atoms with E-state index in [1.54, 1.807) is 0 Å². The van der Waals surface area contributed by atoms with Crippen molar-refractivity contribution in [3.05, 3.63) is 23.2 Å². The lowest BCUT2D eigenvalue weighted by Gasteiger charge is -2.44.